The van der Waals surface area contributed by atoms with Gasteiger partial charge in [-0.1, -0.05) is 6.07 Å². The van der Waals surface area contributed by atoms with E-state index in [9.17, 15) is 19.7 Å². The van der Waals surface area contributed by atoms with Crippen LogP contribution in [0.3, 0.4) is 0 Å². The summed E-state index contributed by atoms with van der Waals surface area (Å²) in [6.07, 6.45) is 3.22. The van der Waals surface area contributed by atoms with Crippen LogP contribution in [0.2, 0.25) is 0 Å². The number of hydrogen-bond donors (Lipinski definition) is 0. The van der Waals surface area contributed by atoms with Crippen molar-refractivity contribution in [3.8, 4) is 0 Å². The molecule has 1 aliphatic rings. The lowest BCUT2D eigenvalue weighted by molar-refractivity contribution is -0.385. The van der Waals surface area contributed by atoms with Gasteiger partial charge in [0.2, 0.25) is 0 Å². The second kappa shape index (κ2) is 5.83. The number of rotatable bonds is 6. The fourth-order valence-electron chi connectivity index (χ4n) is 2.85. The van der Waals surface area contributed by atoms with Crippen molar-refractivity contribution in [2.75, 3.05) is 0 Å². The topological polar surface area (TPSA) is 90.9 Å². The average Bonchev–Trinajstić information content (AvgIpc) is 3.34. The first-order valence-corrected chi connectivity index (χ1v) is 7.39. The van der Waals surface area contributed by atoms with Gasteiger partial charge in [0.05, 0.1) is 16.6 Å². The summed E-state index contributed by atoms with van der Waals surface area (Å²) in [5.41, 5.74) is 1.34. The third-order valence-electron chi connectivity index (χ3n) is 4.24. The van der Waals surface area contributed by atoms with Crippen LogP contribution in [0.25, 0.3) is 5.52 Å². The van der Waals surface area contributed by atoms with E-state index in [0.29, 0.717) is 35.5 Å². The van der Waals surface area contributed by atoms with Crippen LogP contribution in [0.1, 0.15) is 24.0 Å². The van der Waals surface area contributed by atoms with Crippen LogP contribution in [0.15, 0.2) is 29.2 Å². The first-order chi connectivity index (χ1) is 11.0. The van der Waals surface area contributed by atoms with Crippen molar-refractivity contribution in [3.05, 3.63) is 56.0 Å². The third-order valence-corrected chi connectivity index (χ3v) is 4.24. The minimum Gasteiger partial charge on any atom is -0.464 e. The van der Waals surface area contributed by atoms with Gasteiger partial charge in [-0.2, -0.15) is 0 Å². The number of nitrogens with zero attached hydrogens (tertiary/aromatic N) is 2. The largest absolute Gasteiger partial charge is 0.464 e. The Bertz CT molecular complexity index is 838. The molecular weight excluding hydrogens is 300 g/mol. The molecule has 23 heavy (non-hydrogen) atoms. The standard InChI is InChI=1S/C16H16N2O5/c1-10-6-13(18(21)22)8-17-14(10)5-4-12(16(17)20)7-15(23-9-19)11-2-3-11/h4-6,8-9,11,15H,2-3,7H2,1H3. The summed E-state index contributed by atoms with van der Waals surface area (Å²) in [5, 5.41) is 11.0. The van der Waals surface area contributed by atoms with Gasteiger partial charge in [0.1, 0.15) is 6.10 Å². The van der Waals surface area contributed by atoms with Crippen molar-refractivity contribution in [1.82, 2.24) is 4.40 Å². The van der Waals surface area contributed by atoms with Gasteiger partial charge < -0.3 is 4.74 Å². The molecule has 7 heteroatoms. The van der Waals surface area contributed by atoms with E-state index in [1.165, 1.54) is 16.7 Å². The fraction of sp³-hybridized carbons (Fsp3) is 0.375. The van der Waals surface area contributed by atoms with Crippen LogP contribution in [0, 0.1) is 23.0 Å². The van der Waals surface area contributed by atoms with E-state index in [2.05, 4.69) is 0 Å². The molecule has 2 aromatic heterocycles. The average molecular weight is 316 g/mol. The highest BCUT2D eigenvalue weighted by atomic mass is 16.6. The smallest absolute Gasteiger partial charge is 0.293 e. The Morgan fingerprint density at radius 3 is 2.83 bits per heavy atom. The van der Waals surface area contributed by atoms with E-state index in [-0.39, 0.29) is 17.4 Å². The number of fused-ring (bicyclic) bond motifs is 1. The maximum atomic E-state index is 12.6. The molecule has 1 unspecified atom stereocenters. The van der Waals surface area contributed by atoms with Crippen molar-refractivity contribution in [2.24, 2.45) is 5.92 Å². The highest BCUT2D eigenvalue weighted by Gasteiger charge is 2.33. The third kappa shape index (κ3) is 2.94. The zero-order valence-electron chi connectivity index (χ0n) is 12.6. The Morgan fingerprint density at radius 2 is 2.22 bits per heavy atom. The van der Waals surface area contributed by atoms with Crippen LogP contribution in [-0.4, -0.2) is 21.9 Å². The van der Waals surface area contributed by atoms with Crippen molar-refractivity contribution in [2.45, 2.75) is 32.3 Å². The molecule has 120 valence electrons. The molecule has 0 amide bonds. The number of aryl methyl sites for hydroxylation is 1. The predicted molar refractivity (Wildman–Crippen MR) is 82.4 cm³/mol. The van der Waals surface area contributed by atoms with Gasteiger partial charge in [-0.15, -0.1) is 0 Å². The Morgan fingerprint density at radius 1 is 1.48 bits per heavy atom. The number of pyridine rings is 2. The Labute approximate surface area is 131 Å². The molecule has 0 N–H and O–H groups in total. The van der Waals surface area contributed by atoms with Crippen LogP contribution < -0.4 is 5.56 Å². The zero-order valence-corrected chi connectivity index (χ0v) is 12.6. The summed E-state index contributed by atoms with van der Waals surface area (Å²) >= 11 is 0. The van der Waals surface area contributed by atoms with Crippen LogP contribution >= 0.6 is 0 Å². The van der Waals surface area contributed by atoms with E-state index in [4.69, 9.17) is 4.74 Å². The molecule has 0 aliphatic heterocycles. The first-order valence-electron chi connectivity index (χ1n) is 7.39. The molecule has 1 fully saturated rings. The van der Waals surface area contributed by atoms with E-state index in [0.717, 1.165) is 12.8 Å². The van der Waals surface area contributed by atoms with Gasteiger partial charge >= 0.3 is 0 Å². The first kappa shape index (κ1) is 15.2. The number of carbonyl (C=O) groups excluding carboxylic acids is 1. The summed E-state index contributed by atoms with van der Waals surface area (Å²) in [7, 11) is 0. The lowest BCUT2D eigenvalue weighted by Crippen LogP contribution is -2.25. The van der Waals surface area contributed by atoms with Gasteiger partial charge in [0.15, 0.2) is 0 Å². The number of aromatic nitrogens is 1. The molecule has 1 atom stereocenters. The zero-order chi connectivity index (χ0) is 16.6. The number of ether oxygens (including phenoxy) is 1. The highest BCUT2D eigenvalue weighted by molar-refractivity contribution is 5.58. The van der Waals surface area contributed by atoms with Crippen molar-refractivity contribution in [1.29, 1.82) is 0 Å². The normalized spacial score (nSPS) is 15.3. The summed E-state index contributed by atoms with van der Waals surface area (Å²) < 4.78 is 6.38. The molecule has 0 saturated heterocycles. The second-order valence-corrected chi connectivity index (χ2v) is 5.87. The van der Waals surface area contributed by atoms with Gasteiger partial charge in [0.25, 0.3) is 17.7 Å². The SMILES string of the molecule is Cc1cc([N+](=O)[O-])cn2c(=O)c(CC(OC=O)C3CC3)ccc12. The van der Waals surface area contributed by atoms with E-state index >= 15 is 0 Å². The van der Waals surface area contributed by atoms with Gasteiger partial charge in [-0.25, -0.2) is 0 Å². The van der Waals surface area contributed by atoms with Crippen molar-refractivity contribution in [3.63, 3.8) is 0 Å². The van der Waals surface area contributed by atoms with Crippen LogP contribution in [-0.2, 0) is 16.0 Å². The maximum absolute atomic E-state index is 12.6. The van der Waals surface area contributed by atoms with E-state index in [1.54, 1.807) is 19.1 Å². The van der Waals surface area contributed by atoms with Crippen LogP contribution in [0.5, 0.6) is 0 Å². The molecule has 2 heterocycles. The molecule has 0 aromatic carbocycles. The van der Waals surface area contributed by atoms with Crippen molar-refractivity contribution < 1.29 is 14.5 Å². The molecule has 7 nitrogen and oxygen atoms in total. The Kier molecular flexibility index (Phi) is 3.85. The minimum atomic E-state index is -0.520. The minimum absolute atomic E-state index is 0.128. The fourth-order valence-corrected chi connectivity index (χ4v) is 2.85. The predicted octanol–water partition coefficient (Wildman–Crippen LogP) is 2.01. The Balaban J connectivity index is 2.05. The molecular formula is C16H16N2O5. The number of hydrogen-bond acceptors (Lipinski definition) is 5. The van der Waals surface area contributed by atoms with Crippen molar-refractivity contribution >= 4 is 17.7 Å². The molecule has 0 bridgehead atoms. The molecule has 2 aromatic rings. The molecule has 3 rings (SSSR count). The molecule has 0 radical (unpaired) electrons. The lowest BCUT2D eigenvalue weighted by Gasteiger charge is -2.14. The molecule has 1 saturated carbocycles. The summed E-state index contributed by atoms with van der Waals surface area (Å²) in [6, 6.07) is 4.91. The lowest BCUT2D eigenvalue weighted by atomic mass is 10.0. The second-order valence-electron chi connectivity index (χ2n) is 5.87. The van der Waals surface area contributed by atoms with Crippen LogP contribution in [0.4, 0.5) is 5.69 Å². The van der Waals surface area contributed by atoms with Gasteiger partial charge in [-0.3, -0.25) is 24.1 Å². The van der Waals surface area contributed by atoms with Gasteiger partial charge in [-0.05, 0) is 37.3 Å². The summed E-state index contributed by atoms with van der Waals surface area (Å²) in [4.78, 5) is 33.7. The number of nitro groups is 1. The quantitative estimate of drug-likeness (QED) is 0.462. The van der Waals surface area contributed by atoms with Gasteiger partial charge in [0, 0.05) is 18.1 Å². The Hall–Kier alpha value is -2.70. The molecule has 0 spiro atoms. The maximum Gasteiger partial charge on any atom is 0.293 e. The summed E-state index contributed by atoms with van der Waals surface area (Å²) in [5.74, 6) is 0.298. The number of carbonyl (C=O) groups is 1. The monoisotopic (exact) mass is 316 g/mol. The molecule has 1 aliphatic carbocycles. The van der Waals surface area contributed by atoms with E-state index < -0.39 is 4.92 Å². The van der Waals surface area contributed by atoms with E-state index in [1.807, 2.05) is 0 Å². The highest BCUT2D eigenvalue weighted by Crippen LogP contribution is 2.35. The summed E-state index contributed by atoms with van der Waals surface area (Å²) in [6.45, 7) is 2.14.